The molecule has 6 heteroatoms. The molecule has 0 aliphatic carbocycles. The number of nitrogens with zero attached hydrogens (tertiary/aromatic N) is 3. The summed E-state index contributed by atoms with van der Waals surface area (Å²) in [6, 6.07) is 0. The van der Waals surface area contributed by atoms with Gasteiger partial charge in [0.05, 0.1) is 11.5 Å². The molecule has 1 saturated heterocycles. The van der Waals surface area contributed by atoms with E-state index >= 15 is 0 Å². The minimum absolute atomic E-state index is 0.460. The number of aromatic nitrogens is 2. The molecule has 0 bridgehead atoms. The van der Waals surface area contributed by atoms with Crippen LogP contribution in [0.4, 0.5) is 5.82 Å². The van der Waals surface area contributed by atoms with Crippen molar-refractivity contribution < 1.29 is 4.74 Å². The van der Waals surface area contributed by atoms with E-state index in [9.17, 15) is 0 Å². The van der Waals surface area contributed by atoms with Crippen LogP contribution in [-0.2, 0) is 11.2 Å². The zero-order chi connectivity index (χ0) is 17.1. The van der Waals surface area contributed by atoms with E-state index in [2.05, 4.69) is 25.8 Å². The van der Waals surface area contributed by atoms with Crippen molar-refractivity contribution in [2.75, 3.05) is 31.6 Å². The Balaban J connectivity index is 1.79. The Morgan fingerprint density at radius 1 is 1.33 bits per heavy atom. The van der Waals surface area contributed by atoms with Gasteiger partial charge >= 0.3 is 0 Å². The van der Waals surface area contributed by atoms with Gasteiger partial charge in [-0.25, -0.2) is 9.97 Å². The Labute approximate surface area is 148 Å². The van der Waals surface area contributed by atoms with E-state index in [1.54, 1.807) is 11.3 Å². The van der Waals surface area contributed by atoms with Gasteiger partial charge in [-0.05, 0) is 51.6 Å². The highest BCUT2D eigenvalue weighted by Gasteiger charge is 2.18. The van der Waals surface area contributed by atoms with Gasteiger partial charge in [0.15, 0.2) is 0 Å². The van der Waals surface area contributed by atoms with Crippen LogP contribution in [0.1, 0.15) is 41.9 Å². The highest BCUT2D eigenvalue weighted by molar-refractivity contribution is 7.18. The maximum absolute atomic E-state index is 5.73. The molecule has 5 nitrogen and oxygen atoms in total. The van der Waals surface area contributed by atoms with Crippen molar-refractivity contribution in [2.45, 2.75) is 52.1 Å². The van der Waals surface area contributed by atoms with Crippen LogP contribution in [0.3, 0.4) is 0 Å². The Hall–Kier alpha value is -1.24. The van der Waals surface area contributed by atoms with E-state index in [-0.39, 0.29) is 0 Å². The minimum Gasteiger partial charge on any atom is -0.378 e. The SMILES string of the molecule is Cc1sc2nc(CCN)nc(N(C)CCC[C@@H]3CCCO3)c2c1C. The number of nitrogens with two attached hydrogens (primary N) is 1. The topological polar surface area (TPSA) is 64.3 Å². The maximum Gasteiger partial charge on any atom is 0.141 e. The largest absolute Gasteiger partial charge is 0.378 e. The minimum atomic E-state index is 0.460. The fourth-order valence-corrected chi connectivity index (χ4v) is 4.37. The van der Waals surface area contributed by atoms with Crippen molar-refractivity contribution in [1.82, 2.24) is 9.97 Å². The van der Waals surface area contributed by atoms with E-state index in [4.69, 9.17) is 20.4 Å². The molecule has 2 N–H and O–H groups in total. The third kappa shape index (κ3) is 3.71. The van der Waals surface area contributed by atoms with Crippen LogP contribution in [0, 0.1) is 13.8 Å². The first-order valence-electron chi connectivity index (χ1n) is 8.89. The molecule has 24 heavy (non-hydrogen) atoms. The van der Waals surface area contributed by atoms with Crippen LogP contribution < -0.4 is 10.6 Å². The van der Waals surface area contributed by atoms with Gasteiger partial charge in [0.25, 0.3) is 0 Å². The zero-order valence-electron chi connectivity index (χ0n) is 15.0. The summed E-state index contributed by atoms with van der Waals surface area (Å²) in [7, 11) is 2.13. The van der Waals surface area contributed by atoms with Crippen molar-refractivity contribution in [2.24, 2.45) is 5.73 Å². The summed E-state index contributed by atoms with van der Waals surface area (Å²) < 4.78 is 5.73. The molecule has 0 aromatic carbocycles. The van der Waals surface area contributed by atoms with Gasteiger partial charge in [-0.15, -0.1) is 11.3 Å². The molecule has 1 aliphatic heterocycles. The van der Waals surface area contributed by atoms with E-state index in [1.165, 1.54) is 28.7 Å². The van der Waals surface area contributed by atoms with Crippen LogP contribution in [0.5, 0.6) is 0 Å². The first-order valence-corrected chi connectivity index (χ1v) is 9.71. The number of hydrogen-bond acceptors (Lipinski definition) is 6. The summed E-state index contributed by atoms with van der Waals surface area (Å²) in [4.78, 5) is 14.2. The number of ether oxygens (including phenoxy) is 1. The number of thiophene rings is 1. The second kappa shape index (κ2) is 7.76. The molecule has 0 unspecified atom stereocenters. The van der Waals surface area contributed by atoms with E-state index in [0.29, 0.717) is 12.6 Å². The number of anilines is 1. The summed E-state index contributed by atoms with van der Waals surface area (Å²) in [6.45, 7) is 6.83. The average molecular weight is 349 g/mol. The summed E-state index contributed by atoms with van der Waals surface area (Å²) in [6.07, 6.45) is 5.87. The molecule has 0 radical (unpaired) electrons. The Kier molecular flexibility index (Phi) is 5.69. The van der Waals surface area contributed by atoms with Crippen molar-refractivity contribution in [3.63, 3.8) is 0 Å². The molecule has 2 aromatic heterocycles. The highest BCUT2D eigenvalue weighted by atomic mass is 32.1. The summed E-state index contributed by atoms with van der Waals surface area (Å²) in [5.74, 6) is 1.91. The second-order valence-corrected chi connectivity index (χ2v) is 7.87. The van der Waals surface area contributed by atoms with Crippen molar-refractivity contribution in [1.29, 1.82) is 0 Å². The molecular weight excluding hydrogens is 320 g/mol. The van der Waals surface area contributed by atoms with Crippen LogP contribution in [0.15, 0.2) is 0 Å². The molecule has 132 valence electrons. The molecule has 0 amide bonds. The summed E-state index contributed by atoms with van der Waals surface area (Å²) in [5.41, 5.74) is 7.01. The van der Waals surface area contributed by atoms with E-state index in [1.807, 2.05) is 0 Å². The molecule has 2 aromatic rings. The van der Waals surface area contributed by atoms with Gasteiger partial charge in [-0.1, -0.05) is 0 Å². The zero-order valence-corrected chi connectivity index (χ0v) is 15.8. The summed E-state index contributed by atoms with van der Waals surface area (Å²) in [5, 5.41) is 1.21. The van der Waals surface area contributed by atoms with Gasteiger partial charge in [-0.2, -0.15) is 0 Å². The lowest BCUT2D eigenvalue weighted by molar-refractivity contribution is 0.103. The first kappa shape index (κ1) is 17.6. The standard InChI is InChI=1S/C18H28N4OS/c1-12-13(2)24-18-16(12)17(20-15(21-18)8-9-19)22(3)10-4-6-14-7-5-11-23-14/h14H,4-11,19H2,1-3H3/t14-/m1/s1. The highest BCUT2D eigenvalue weighted by Crippen LogP contribution is 2.34. The third-order valence-electron chi connectivity index (χ3n) is 4.83. The Morgan fingerprint density at radius 2 is 2.17 bits per heavy atom. The molecule has 0 saturated carbocycles. The molecule has 1 aliphatic rings. The third-order valence-corrected chi connectivity index (χ3v) is 5.93. The van der Waals surface area contributed by atoms with Crippen LogP contribution in [0.25, 0.3) is 10.2 Å². The predicted octanol–water partition coefficient (Wildman–Crippen LogP) is 3.20. The van der Waals surface area contributed by atoms with Gasteiger partial charge in [0, 0.05) is 31.5 Å². The molecule has 1 fully saturated rings. The monoisotopic (exact) mass is 348 g/mol. The van der Waals surface area contributed by atoms with E-state index < -0.39 is 0 Å². The Bertz CT molecular complexity index is 694. The smallest absolute Gasteiger partial charge is 0.141 e. The van der Waals surface area contributed by atoms with Gasteiger partial charge in [0.2, 0.25) is 0 Å². The van der Waals surface area contributed by atoms with Gasteiger partial charge in [-0.3, -0.25) is 0 Å². The fourth-order valence-electron chi connectivity index (χ4n) is 3.32. The molecular formula is C18H28N4OS. The first-order chi connectivity index (χ1) is 11.6. The number of aryl methyl sites for hydroxylation is 2. The number of hydrogen-bond donors (Lipinski definition) is 1. The van der Waals surface area contributed by atoms with Crippen molar-refractivity contribution >= 4 is 27.4 Å². The molecule has 3 heterocycles. The van der Waals surface area contributed by atoms with Crippen LogP contribution in [0.2, 0.25) is 0 Å². The van der Waals surface area contributed by atoms with E-state index in [0.717, 1.165) is 48.9 Å². The quantitative estimate of drug-likeness (QED) is 0.832. The number of fused-ring (bicyclic) bond motifs is 1. The average Bonchev–Trinajstić information content (AvgIpc) is 3.16. The fraction of sp³-hybridized carbons (Fsp3) is 0.667. The van der Waals surface area contributed by atoms with Crippen LogP contribution in [-0.4, -0.2) is 42.8 Å². The van der Waals surface area contributed by atoms with Crippen molar-refractivity contribution in [3.05, 3.63) is 16.3 Å². The van der Waals surface area contributed by atoms with Crippen molar-refractivity contribution in [3.8, 4) is 0 Å². The molecule has 1 atom stereocenters. The number of rotatable bonds is 7. The normalized spacial score (nSPS) is 17.8. The molecule has 0 spiro atoms. The summed E-state index contributed by atoms with van der Waals surface area (Å²) >= 11 is 1.76. The maximum atomic E-state index is 5.73. The lowest BCUT2D eigenvalue weighted by Crippen LogP contribution is -2.22. The molecule has 3 rings (SSSR count). The lowest BCUT2D eigenvalue weighted by atomic mass is 10.1. The predicted molar refractivity (Wildman–Crippen MR) is 101 cm³/mol. The lowest BCUT2D eigenvalue weighted by Gasteiger charge is -2.21. The second-order valence-electron chi connectivity index (χ2n) is 6.66. The van der Waals surface area contributed by atoms with Crippen LogP contribution >= 0.6 is 11.3 Å². The Morgan fingerprint density at radius 3 is 2.88 bits per heavy atom. The van der Waals surface area contributed by atoms with Gasteiger partial charge < -0.3 is 15.4 Å². The van der Waals surface area contributed by atoms with Gasteiger partial charge in [0.1, 0.15) is 16.5 Å².